The molecule has 1 N–H and O–H groups in total. The van der Waals surface area contributed by atoms with Gasteiger partial charge in [0.1, 0.15) is 0 Å². The van der Waals surface area contributed by atoms with Crippen LogP contribution in [0.25, 0.3) is 0 Å². The molecule has 0 aliphatic carbocycles. The molecule has 2 rings (SSSR count). The number of ether oxygens (including phenoxy) is 3. The third kappa shape index (κ3) is 4.90. The molecule has 0 spiro atoms. The number of benzene rings is 1. The summed E-state index contributed by atoms with van der Waals surface area (Å²) in [5, 5.41) is 13.7. The number of hydrogen-bond acceptors (Lipinski definition) is 6. The van der Waals surface area contributed by atoms with Crippen molar-refractivity contribution in [2.24, 2.45) is 0 Å². The highest BCUT2D eigenvalue weighted by Gasteiger charge is 2.27. The Labute approximate surface area is 133 Å². The molecule has 1 heterocycles. The minimum absolute atomic E-state index is 0.0630. The van der Waals surface area contributed by atoms with Gasteiger partial charge in [0, 0.05) is 19.8 Å². The van der Waals surface area contributed by atoms with Gasteiger partial charge in [0.15, 0.2) is 12.4 Å². The van der Waals surface area contributed by atoms with Crippen LogP contribution in [0.3, 0.4) is 0 Å². The fraction of sp³-hybridized carbons (Fsp3) is 0.533. The second kappa shape index (κ2) is 8.44. The number of nitrogens with zero attached hydrogens (tertiary/aromatic N) is 1. The van der Waals surface area contributed by atoms with E-state index >= 15 is 0 Å². The lowest BCUT2D eigenvalue weighted by Crippen LogP contribution is -2.47. The molecule has 8 nitrogen and oxygen atoms in total. The van der Waals surface area contributed by atoms with Crippen LogP contribution in [0.2, 0.25) is 0 Å². The lowest BCUT2D eigenvalue weighted by atomic mass is 10.1. The lowest BCUT2D eigenvalue weighted by Gasteiger charge is -2.23. The first-order chi connectivity index (χ1) is 11.1. The van der Waals surface area contributed by atoms with Crippen molar-refractivity contribution in [3.05, 3.63) is 34.4 Å². The first kappa shape index (κ1) is 17.2. The quantitative estimate of drug-likeness (QED) is 0.571. The van der Waals surface area contributed by atoms with Gasteiger partial charge < -0.3 is 19.5 Å². The first-order valence-corrected chi connectivity index (χ1v) is 7.38. The molecule has 1 amide bonds. The summed E-state index contributed by atoms with van der Waals surface area (Å²) in [5.74, 6) is -0.311. The molecule has 0 radical (unpaired) electrons. The first-order valence-electron chi connectivity index (χ1n) is 7.38. The van der Waals surface area contributed by atoms with Gasteiger partial charge in [-0.25, -0.2) is 0 Å². The summed E-state index contributed by atoms with van der Waals surface area (Å²) in [4.78, 5) is 22.4. The maximum Gasteiger partial charge on any atom is 0.310 e. The highest BCUT2D eigenvalue weighted by Crippen LogP contribution is 2.25. The summed E-state index contributed by atoms with van der Waals surface area (Å²) < 4.78 is 15.9. The third-order valence-corrected chi connectivity index (χ3v) is 3.53. The van der Waals surface area contributed by atoms with Crippen LogP contribution in [-0.2, 0) is 14.3 Å². The van der Waals surface area contributed by atoms with Crippen LogP contribution < -0.4 is 10.1 Å². The van der Waals surface area contributed by atoms with Crippen molar-refractivity contribution in [3.63, 3.8) is 0 Å². The Hall–Kier alpha value is -2.19. The van der Waals surface area contributed by atoms with E-state index in [4.69, 9.17) is 14.2 Å². The van der Waals surface area contributed by atoms with Gasteiger partial charge in [-0.05, 0) is 18.9 Å². The van der Waals surface area contributed by atoms with Crippen molar-refractivity contribution < 1.29 is 23.9 Å². The summed E-state index contributed by atoms with van der Waals surface area (Å²) in [5.41, 5.74) is -0.173. The number of carbonyl (C=O) groups is 1. The van der Waals surface area contributed by atoms with Gasteiger partial charge in [0.2, 0.25) is 0 Å². The molecule has 1 aromatic carbocycles. The topological polar surface area (TPSA) is 99.9 Å². The van der Waals surface area contributed by atoms with E-state index in [0.29, 0.717) is 13.2 Å². The molecule has 0 unspecified atom stereocenters. The number of carbonyl (C=O) groups excluding carboxylic acids is 1. The van der Waals surface area contributed by atoms with Crippen LogP contribution in [0, 0.1) is 10.1 Å². The Kier molecular flexibility index (Phi) is 6.30. The van der Waals surface area contributed by atoms with E-state index in [2.05, 4.69) is 5.32 Å². The largest absolute Gasteiger partial charge is 0.477 e. The Morgan fingerprint density at radius 3 is 2.96 bits per heavy atom. The van der Waals surface area contributed by atoms with Gasteiger partial charge in [-0.3, -0.25) is 14.9 Å². The Balaban J connectivity index is 1.90. The monoisotopic (exact) mass is 324 g/mol. The molecule has 1 aliphatic rings. The van der Waals surface area contributed by atoms with Crippen molar-refractivity contribution in [1.82, 2.24) is 5.32 Å². The minimum atomic E-state index is -0.548. The van der Waals surface area contributed by atoms with E-state index < -0.39 is 4.92 Å². The number of rotatable bonds is 8. The highest BCUT2D eigenvalue weighted by molar-refractivity contribution is 5.78. The highest BCUT2D eigenvalue weighted by atomic mass is 16.6. The predicted molar refractivity (Wildman–Crippen MR) is 81.4 cm³/mol. The molecule has 0 aromatic heterocycles. The zero-order valence-electron chi connectivity index (χ0n) is 12.9. The van der Waals surface area contributed by atoms with Crippen LogP contribution >= 0.6 is 0 Å². The average molecular weight is 324 g/mol. The summed E-state index contributed by atoms with van der Waals surface area (Å²) in [6.07, 6.45) is 1.73. The molecule has 23 heavy (non-hydrogen) atoms. The number of nitro groups is 1. The molecule has 0 saturated carbocycles. The van der Waals surface area contributed by atoms with Crippen LogP contribution in [0.15, 0.2) is 24.3 Å². The summed E-state index contributed by atoms with van der Waals surface area (Å²) in [6.45, 7) is 0.702. The number of amides is 1. The van der Waals surface area contributed by atoms with E-state index in [9.17, 15) is 14.9 Å². The van der Waals surface area contributed by atoms with E-state index in [1.165, 1.54) is 18.2 Å². The van der Waals surface area contributed by atoms with Gasteiger partial charge in [-0.1, -0.05) is 12.1 Å². The number of hydrogen-bond donors (Lipinski definition) is 1. The second-order valence-electron chi connectivity index (χ2n) is 5.19. The number of nitrogens with one attached hydrogen (secondary N) is 1. The Morgan fingerprint density at radius 2 is 2.30 bits per heavy atom. The van der Waals surface area contributed by atoms with Crippen LogP contribution in [0.1, 0.15) is 12.8 Å². The van der Waals surface area contributed by atoms with Crippen LogP contribution in [0.5, 0.6) is 5.75 Å². The molecule has 126 valence electrons. The predicted octanol–water partition coefficient (Wildman–Crippen LogP) is 1.28. The fourth-order valence-electron chi connectivity index (χ4n) is 2.46. The van der Waals surface area contributed by atoms with Crippen molar-refractivity contribution in [3.8, 4) is 5.75 Å². The van der Waals surface area contributed by atoms with Crippen LogP contribution in [0.4, 0.5) is 5.69 Å². The van der Waals surface area contributed by atoms with Gasteiger partial charge >= 0.3 is 5.69 Å². The molecule has 8 heteroatoms. The second-order valence-corrected chi connectivity index (χ2v) is 5.19. The zero-order valence-corrected chi connectivity index (χ0v) is 12.9. The maximum absolute atomic E-state index is 12.0. The molecule has 1 aromatic rings. The molecular formula is C15H20N2O6. The van der Waals surface area contributed by atoms with Crippen LogP contribution in [-0.4, -0.2) is 49.9 Å². The lowest BCUT2D eigenvalue weighted by molar-refractivity contribution is -0.385. The summed E-state index contributed by atoms with van der Waals surface area (Å²) in [7, 11) is 1.55. The van der Waals surface area contributed by atoms with Gasteiger partial charge in [0.05, 0.1) is 23.7 Å². The molecule has 1 saturated heterocycles. The standard InChI is InChI=1S/C15H20N2O6/c1-21-9-11(13-7-4-8-22-13)16-15(18)10-23-14-6-3-2-5-12(14)17(19)20/h2-3,5-6,11,13H,4,7-10H2,1H3,(H,16,18)/t11-,13+/m1/s1. The zero-order chi connectivity index (χ0) is 16.7. The average Bonchev–Trinajstić information content (AvgIpc) is 3.07. The Bertz CT molecular complexity index is 545. The number of methoxy groups -OCH3 is 1. The molecule has 2 atom stereocenters. The normalized spacial score (nSPS) is 18.4. The van der Waals surface area contributed by atoms with E-state index in [1.807, 2.05) is 0 Å². The summed E-state index contributed by atoms with van der Waals surface area (Å²) >= 11 is 0. The van der Waals surface area contributed by atoms with E-state index in [-0.39, 0.29) is 36.1 Å². The molecule has 0 bridgehead atoms. The third-order valence-electron chi connectivity index (χ3n) is 3.53. The van der Waals surface area contributed by atoms with E-state index in [1.54, 1.807) is 13.2 Å². The molecular weight excluding hydrogens is 304 g/mol. The number of nitro benzene ring substituents is 1. The SMILES string of the molecule is COC[C@@H](NC(=O)COc1ccccc1[N+](=O)[O-])[C@@H]1CCCO1. The minimum Gasteiger partial charge on any atom is -0.477 e. The fourth-order valence-corrected chi connectivity index (χ4v) is 2.46. The van der Waals surface area contributed by atoms with Crippen molar-refractivity contribution in [2.45, 2.75) is 25.0 Å². The number of para-hydroxylation sites is 2. The van der Waals surface area contributed by atoms with Gasteiger partial charge in [-0.2, -0.15) is 0 Å². The maximum atomic E-state index is 12.0. The molecule has 1 fully saturated rings. The Morgan fingerprint density at radius 1 is 1.52 bits per heavy atom. The molecule has 1 aliphatic heterocycles. The van der Waals surface area contributed by atoms with Crippen molar-refractivity contribution in [1.29, 1.82) is 0 Å². The van der Waals surface area contributed by atoms with Gasteiger partial charge in [-0.15, -0.1) is 0 Å². The van der Waals surface area contributed by atoms with Crippen molar-refractivity contribution in [2.75, 3.05) is 26.9 Å². The smallest absolute Gasteiger partial charge is 0.310 e. The summed E-state index contributed by atoms with van der Waals surface area (Å²) in [6, 6.07) is 5.67. The van der Waals surface area contributed by atoms with Crippen molar-refractivity contribution >= 4 is 11.6 Å². The van der Waals surface area contributed by atoms with E-state index in [0.717, 1.165) is 12.8 Å². The van der Waals surface area contributed by atoms with Gasteiger partial charge in [0.25, 0.3) is 5.91 Å².